The predicted octanol–water partition coefficient (Wildman–Crippen LogP) is 1.79. The molecule has 0 aromatic heterocycles. The van der Waals surface area contributed by atoms with Gasteiger partial charge in [-0.15, -0.1) is 0 Å². The molecular formula is C15H22N2O3. The van der Waals surface area contributed by atoms with Gasteiger partial charge in [-0.1, -0.05) is 12.1 Å². The Labute approximate surface area is 119 Å². The van der Waals surface area contributed by atoms with Gasteiger partial charge in [0.05, 0.1) is 25.4 Å². The molecule has 1 fully saturated rings. The van der Waals surface area contributed by atoms with Gasteiger partial charge in [0.25, 0.3) is 0 Å². The van der Waals surface area contributed by atoms with Gasteiger partial charge >= 0.3 is 0 Å². The Bertz CT molecular complexity index is 450. The minimum atomic E-state index is -0.0729. The lowest BCUT2D eigenvalue weighted by atomic mass is 10.2. The number of carbonyl (C=O) groups excluding carboxylic acids is 1. The van der Waals surface area contributed by atoms with Crippen LogP contribution in [0.2, 0.25) is 0 Å². The monoisotopic (exact) mass is 278 g/mol. The summed E-state index contributed by atoms with van der Waals surface area (Å²) in [6.45, 7) is 0.280. The molecule has 2 atom stereocenters. The lowest BCUT2D eigenvalue weighted by Gasteiger charge is -2.19. The molecule has 0 radical (unpaired) electrons. The maximum absolute atomic E-state index is 12.0. The topological polar surface area (TPSA) is 59.6 Å². The minimum absolute atomic E-state index is 0.0729. The number of amides is 1. The molecule has 0 aliphatic heterocycles. The first-order valence-corrected chi connectivity index (χ1v) is 6.93. The Hall–Kier alpha value is -1.59. The molecule has 1 aromatic rings. The summed E-state index contributed by atoms with van der Waals surface area (Å²) in [5.74, 6) is 0.590. The quantitative estimate of drug-likeness (QED) is 0.833. The Morgan fingerprint density at radius 2 is 2.10 bits per heavy atom. The molecule has 0 bridgehead atoms. The zero-order chi connectivity index (χ0) is 14.4. The van der Waals surface area contributed by atoms with Crippen LogP contribution in [0.3, 0.4) is 0 Å². The fourth-order valence-electron chi connectivity index (χ4n) is 2.61. The molecule has 5 nitrogen and oxygen atoms in total. The van der Waals surface area contributed by atoms with E-state index in [0.717, 1.165) is 19.3 Å². The van der Waals surface area contributed by atoms with Crippen molar-refractivity contribution in [2.24, 2.45) is 0 Å². The van der Waals surface area contributed by atoms with Crippen LogP contribution in [0.25, 0.3) is 0 Å². The molecule has 110 valence electrons. The summed E-state index contributed by atoms with van der Waals surface area (Å²) in [6, 6.07) is 7.65. The van der Waals surface area contributed by atoms with E-state index in [1.165, 1.54) is 0 Å². The average molecular weight is 278 g/mol. The fourth-order valence-corrected chi connectivity index (χ4v) is 2.61. The number of para-hydroxylation sites is 2. The third kappa shape index (κ3) is 3.71. The molecule has 2 rings (SSSR count). The van der Waals surface area contributed by atoms with Crippen LogP contribution in [0, 0.1) is 0 Å². The van der Waals surface area contributed by atoms with Crippen LogP contribution in [0.1, 0.15) is 19.3 Å². The Kier molecular flexibility index (Phi) is 5.38. The standard InChI is InChI=1S/C15H22N2O3/c1-19-13-9-5-7-11(13)16-10-15(18)17-12-6-3-4-8-14(12)20-2/h3-4,6,8,11,13,16H,5,7,9-10H2,1-2H3,(H,17,18). The number of methoxy groups -OCH3 is 2. The predicted molar refractivity (Wildman–Crippen MR) is 78.1 cm³/mol. The molecular weight excluding hydrogens is 256 g/mol. The van der Waals surface area contributed by atoms with E-state index in [9.17, 15) is 4.79 Å². The highest BCUT2D eigenvalue weighted by molar-refractivity contribution is 5.93. The summed E-state index contributed by atoms with van der Waals surface area (Å²) in [4.78, 5) is 12.0. The summed E-state index contributed by atoms with van der Waals surface area (Å²) in [6.07, 6.45) is 3.47. The third-order valence-corrected chi connectivity index (χ3v) is 3.66. The van der Waals surface area contributed by atoms with E-state index in [0.29, 0.717) is 11.4 Å². The van der Waals surface area contributed by atoms with E-state index in [1.807, 2.05) is 24.3 Å². The summed E-state index contributed by atoms with van der Waals surface area (Å²) in [5, 5.41) is 6.11. The van der Waals surface area contributed by atoms with Crippen molar-refractivity contribution >= 4 is 11.6 Å². The molecule has 2 N–H and O–H groups in total. The number of benzene rings is 1. The summed E-state index contributed by atoms with van der Waals surface area (Å²) < 4.78 is 10.6. The van der Waals surface area contributed by atoms with Gasteiger partial charge in [-0.25, -0.2) is 0 Å². The SMILES string of the molecule is COc1ccccc1NC(=O)CNC1CCCC1OC. The first-order valence-electron chi connectivity index (χ1n) is 6.93. The van der Waals surface area contributed by atoms with Crippen LogP contribution in [0.4, 0.5) is 5.69 Å². The Morgan fingerprint density at radius 3 is 2.85 bits per heavy atom. The summed E-state index contributed by atoms with van der Waals surface area (Å²) >= 11 is 0. The molecule has 2 unspecified atom stereocenters. The molecule has 1 aliphatic rings. The normalized spacial score (nSPS) is 21.7. The van der Waals surface area contributed by atoms with Gasteiger partial charge in [-0.2, -0.15) is 0 Å². The van der Waals surface area contributed by atoms with Crippen LogP contribution < -0.4 is 15.4 Å². The van der Waals surface area contributed by atoms with Crippen molar-refractivity contribution in [3.63, 3.8) is 0 Å². The van der Waals surface area contributed by atoms with Gasteiger partial charge in [0, 0.05) is 13.2 Å². The van der Waals surface area contributed by atoms with Crippen molar-refractivity contribution in [3.05, 3.63) is 24.3 Å². The van der Waals surface area contributed by atoms with Gasteiger partial charge in [0.1, 0.15) is 5.75 Å². The maximum atomic E-state index is 12.0. The second kappa shape index (κ2) is 7.26. The highest BCUT2D eigenvalue weighted by Gasteiger charge is 2.26. The number of rotatable bonds is 6. The molecule has 1 saturated carbocycles. The van der Waals surface area contributed by atoms with Crippen LogP contribution in [0.5, 0.6) is 5.75 Å². The van der Waals surface area contributed by atoms with Crippen LogP contribution in [0.15, 0.2) is 24.3 Å². The molecule has 20 heavy (non-hydrogen) atoms. The second-order valence-electron chi connectivity index (χ2n) is 4.94. The van der Waals surface area contributed by atoms with Gasteiger partial charge in [0.2, 0.25) is 5.91 Å². The van der Waals surface area contributed by atoms with E-state index >= 15 is 0 Å². The maximum Gasteiger partial charge on any atom is 0.238 e. The highest BCUT2D eigenvalue weighted by Crippen LogP contribution is 2.23. The number of hydrogen-bond donors (Lipinski definition) is 2. The summed E-state index contributed by atoms with van der Waals surface area (Å²) in [5.41, 5.74) is 0.691. The van der Waals surface area contributed by atoms with Crippen LogP contribution >= 0.6 is 0 Å². The Morgan fingerprint density at radius 1 is 1.30 bits per heavy atom. The lowest BCUT2D eigenvalue weighted by Crippen LogP contribution is -2.41. The van der Waals surface area contributed by atoms with E-state index in [4.69, 9.17) is 9.47 Å². The number of carbonyl (C=O) groups is 1. The third-order valence-electron chi connectivity index (χ3n) is 3.66. The zero-order valence-corrected chi connectivity index (χ0v) is 12.0. The smallest absolute Gasteiger partial charge is 0.238 e. The van der Waals surface area contributed by atoms with Crippen molar-refractivity contribution in [2.45, 2.75) is 31.4 Å². The number of hydrogen-bond acceptors (Lipinski definition) is 4. The van der Waals surface area contributed by atoms with Crippen molar-refractivity contribution in [1.82, 2.24) is 5.32 Å². The molecule has 0 spiro atoms. The van der Waals surface area contributed by atoms with Crippen molar-refractivity contribution in [3.8, 4) is 5.75 Å². The van der Waals surface area contributed by atoms with E-state index in [2.05, 4.69) is 10.6 Å². The van der Waals surface area contributed by atoms with Crippen LogP contribution in [-0.2, 0) is 9.53 Å². The van der Waals surface area contributed by atoms with Crippen molar-refractivity contribution in [1.29, 1.82) is 0 Å². The van der Waals surface area contributed by atoms with Gasteiger partial charge < -0.3 is 20.1 Å². The fraction of sp³-hybridized carbons (Fsp3) is 0.533. The molecule has 1 aliphatic carbocycles. The Balaban J connectivity index is 1.83. The number of nitrogens with one attached hydrogen (secondary N) is 2. The molecule has 0 heterocycles. The zero-order valence-electron chi connectivity index (χ0n) is 12.0. The summed E-state index contributed by atoms with van der Waals surface area (Å²) in [7, 11) is 3.31. The van der Waals surface area contributed by atoms with Crippen molar-refractivity contribution < 1.29 is 14.3 Å². The molecule has 5 heteroatoms. The number of ether oxygens (including phenoxy) is 2. The lowest BCUT2D eigenvalue weighted by molar-refractivity contribution is -0.115. The molecule has 0 saturated heterocycles. The first kappa shape index (κ1) is 14.8. The van der Waals surface area contributed by atoms with E-state index in [1.54, 1.807) is 14.2 Å². The first-order chi connectivity index (χ1) is 9.74. The highest BCUT2D eigenvalue weighted by atomic mass is 16.5. The number of anilines is 1. The van der Waals surface area contributed by atoms with Gasteiger partial charge in [0.15, 0.2) is 0 Å². The van der Waals surface area contributed by atoms with Crippen LogP contribution in [-0.4, -0.2) is 38.8 Å². The van der Waals surface area contributed by atoms with E-state index < -0.39 is 0 Å². The van der Waals surface area contributed by atoms with E-state index in [-0.39, 0.29) is 24.6 Å². The average Bonchev–Trinajstić information content (AvgIpc) is 2.93. The minimum Gasteiger partial charge on any atom is -0.495 e. The largest absolute Gasteiger partial charge is 0.495 e. The van der Waals surface area contributed by atoms with Gasteiger partial charge in [-0.3, -0.25) is 4.79 Å². The van der Waals surface area contributed by atoms with Crippen molar-refractivity contribution in [2.75, 3.05) is 26.1 Å². The molecule has 1 aromatic carbocycles. The van der Waals surface area contributed by atoms with Gasteiger partial charge in [-0.05, 0) is 31.4 Å². The second-order valence-corrected chi connectivity index (χ2v) is 4.94. The molecule has 1 amide bonds.